The number of likely N-dealkylation sites (tertiary alicyclic amines) is 1. The Morgan fingerprint density at radius 2 is 2.06 bits per heavy atom. The van der Waals surface area contributed by atoms with Gasteiger partial charge < -0.3 is 10.2 Å². The van der Waals surface area contributed by atoms with Gasteiger partial charge in [-0.05, 0) is 31.9 Å². The molecular formula is C12H18N2O2. The molecule has 1 aliphatic rings. The van der Waals surface area contributed by atoms with E-state index in [9.17, 15) is 10.2 Å². The van der Waals surface area contributed by atoms with Crippen LogP contribution in [0.3, 0.4) is 0 Å². The molecular weight excluding hydrogens is 204 g/mol. The predicted octanol–water partition coefficient (Wildman–Crippen LogP) is 1.05. The van der Waals surface area contributed by atoms with Crippen LogP contribution in [-0.2, 0) is 6.54 Å². The van der Waals surface area contributed by atoms with Gasteiger partial charge in [0.05, 0.1) is 11.8 Å². The fourth-order valence-electron chi connectivity index (χ4n) is 2.01. The number of rotatable bonds is 2. The molecule has 0 aliphatic carbocycles. The van der Waals surface area contributed by atoms with Gasteiger partial charge in [0.2, 0.25) is 0 Å². The number of pyridine rings is 1. The van der Waals surface area contributed by atoms with E-state index in [1.807, 2.05) is 6.92 Å². The lowest BCUT2D eigenvalue weighted by Gasteiger charge is -2.29. The maximum absolute atomic E-state index is 9.68. The fraction of sp³-hybridized carbons (Fsp3) is 0.583. The third kappa shape index (κ3) is 2.71. The zero-order valence-corrected chi connectivity index (χ0v) is 9.56. The summed E-state index contributed by atoms with van der Waals surface area (Å²) in [6, 6.07) is 3.50. The van der Waals surface area contributed by atoms with Crippen molar-refractivity contribution in [1.82, 2.24) is 9.88 Å². The highest BCUT2D eigenvalue weighted by Gasteiger charge is 2.18. The van der Waals surface area contributed by atoms with Crippen molar-refractivity contribution in [2.75, 3.05) is 13.1 Å². The number of aryl methyl sites for hydroxylation is 1. The maximum Gasteiger partial charge on any atom is 0.138 e. The minimum atomic E-state index is -0.157. The van der Waals surface area contributed by atoms with Gasteiger partial charge in [0.25, 0.3) is 0 Å². The Morgan fingerprint density at radius 3 is 2.75 bits per heavy atom. The number of hydrogen-bond donors (Lipinski definition) is 2. The van der Waals surface area contributed by atoms with E-state index in [1.54, 1.807) is 12.1 Å². The SMILES string of the molecule is Cc1ccc(O)c(CN2CCC(O)CC2)n1. The van der Waals surface area contributed by atoms with Crippen LogP contribution in [0.5, 0.6) is 5.75 Å². The molecule has 0 amide bonds. The van der Waals surface area contributed by atoms with E-state index in [4.69, 9.17) is 0 Å². The highest BCUT2D eigenvalue weighted by molar-refractivity contribution is 5.27. The molecule has 1 aromatic heterocycles. The van der Waals surface area contributed by atoms with Crippen LogP contribution in [0.1, 0.15) is 24.2 Å². The van der Waals surface area contributed by atoms with Crippen molar-refractivity contribution in [3.8, 4) is 5.75 Å². The van der Waals surface area contributed by atoms with E-state index >= 15 is 0 Å². The first-order chi connectivity index (χ1) is 7.65. The average Bonchev–Trinajstić information content (AvgIpc) is 2.27. The van der Waals surface area contributed by atoms with Gasteiger partial charge in [0, 0.05) is 25.3 Å². The van der Waals surface area contributed by atoms with E-state index in [0.717, 1.165) is 37.3 Å². The van der Waals surface area contributed by atoms with Crippen LogP contribution in [0, 0.1) is 6.92 Å². The van der Waals surface area contributed by atoms with E-state index in [1.165, 1.54) is 0 Å². The number of aromatic hydroxyl groups is 1. The molecule has 0 unspecified atom stereocenters. The summed E-state index contributed by atoms with van der Waals surface area (Å²) in [5, 5.41) is 19.1. The van der Waals surface area contributed by atoms with Gasteiger partial charge in [-0.3, -0.25) is 9.88 Å². The Bertz CT molecular complexity index is 360. The molecule has 4 heteroatoms. The second-order valence-corrected chi connectivity index (χ2v) is 4.43. The van der Waals surface area contributed by atoms with Crippen molar-refractivity contribution in [3.05, 3.63) is 23.5 Å². The van der Waals surface area contributed by atoms with Crippen LogP contribution in [0.15, 0.2) is 12.1 Å². The number of piperidine rings is 1. The van der Waals surface area contributed by atoms with E-state index in [-0.39, 0.29) is 11.9 Å². The summed E-state index contributed by atoms with van der Waals surface area (Å²) in [6.07, 6.45) is 1.47. The molecule has 2 rings (SSSR count). The highest BCUT2D eigenvalue weighted by atomic mass is 16.3. The summed E-state index contributed by atoms with van der Waals surface area (Å²) >= 11 is 0. The van der Waals surface area contributed by atoms with E-state index < -0.39 is 0 Å². The fourth-order valence-corrected chi connectivity index (χ4v) is 2.01. The summed E-state index contributed by atoms with van der Waals surface area (Å²) in [5.41, 5.74) is 1.65. The first-order valence-electron chi connectivity index (χ1n) is 5.71. The number of aromatic nitrogens is 1. The molecule has 0 aromatic carbocycles. The summed E-state index contributed by atoms with van der Waals surface area (Å²) in [5.74, 6) is 0.261. The van der Waals surface area contributed by atoms with Crippen LogP contribution in [0.4, 0.5) is 0 Å². The van der Waals surface area contributed by atoms with Crippen molar-refractivity contribution >= 4 is 0 Å². The van der Waals surface area contributed by atoms with Gasteiger partial charge in [-0.2, -0.15) is 0 Å². The lowest BCUT2D eigenvalue weighted by atomic mass is 10.1. The third-order valence-electron chi connectivity index (χ3n) is 3.02. The lowest BCUT2D eigenvalue weighted by molar-refractivity contribution is 0.0783. The van der Waals surface area contributed by atoms with Crippen LogP contribution in [0.25, 0.3) is 0 Å². The van der Waals surface area contributed by atoms with Gasteiger partial charge in [-0.15, -0.1) is 0 Å². The molecule has 2 heterocycles. The Hall–Kier alpha value is -1.13. The van der Waals surface area contributed by atoms with Crippen LogP contribution in [0.2, 0.25) is 0 Å². The summed E-state index contributed by atoms with van der Waals surface area (Å²) in [6.45, 7) is 4.33. The molecule has 1 fully saturated rings. The molecule has 2 N–H and O–H groups in total. The number of hydrogen-bond acceptors (Lipinski definition) is 4. The monoisotopic (exact) mass is 222 g/mol. The van der Waals surface area contributed by atoms with Crippen molar-refractivity contribution in [2.24, 2.45) is 0 Å². The van der Waals surface area contributed by atoms with Crippen molar-refractivity contribution in [1.29, 1.82) is 0 Å². The van der Waals surface area contributed by atoms with Gasteiger partial charge in [-0.1, -0.05) is 0 Å². The van der Waals surface area contributed by atoms with Crippen LogP contribution < -0.4 is 0 Å². The molecule has 0 radical (unpaired) electrons. The zero-order valence-electron chi connectivity index (χ0n) is 9.56. The molecule has 1 saturated heterocycles. The topological polar surface area (TPSA) is 56.6 Å². The molecule has 0 bridgehead atoms. The Morgan fingerprint density at radius 1 is 1.38 bits per heavy atom. The van der Waals surface area contributed by atoms with E-state index in [2.05, 4.69) is 9.88 Å². The lowest BCUT2D eigenvalue weighted by Crippen LogP contribution is -2.35. The van der Waals surface area contributed by atoms with Crippen LogP contribution in [-0.4, -0.2) is 39.3 Å². The van der Waals surface area contributed by atoms with Crippen molar-refractivity contribution < 1.29 is 10.2 Å². The highest BCUT2D eigenvalue weighted by Crippen LogP contribution is 2.19. The Balaban J connectivity index is 2.00. The van der Waals surface area contributed by atoms with Gasteiger partial charge in [0.15, 0.2) is 0 Å². The molecule has 0 spiro atoms. The normalized spacial score (nSPS) is 18.9. The molecule has 1 aliphatic heterocycles. The quantitative estimate of drug-likeness (QED) is 0.785. The third-order valence-corrected chi connectivity index (χ3v) is 3.02. The first kappa shape index (κ1) is 11.4. The predicted molar refractivity (Wildman–Crippen MR) is 61.2 cm³/mol. The largest absolute Gasteiger partial charge is 0.506 e. The van der Waals surface area contributed by atoms with Gasteiger partial charge >= 0.3 is 0 Å². The van der Waals surface area contributed by atoms with E-state index in [0.29, 0.717) is 6.54 Å². The molecule has 16 heavy (non-hydrogen) atoms. The minimum Gasteiger partial charge on any atom is -0.506 e. The smallest absolute Gasteiger partial charge is 0.138 e. The number of nitrogens with zero attached hydrogens (tertiary/aromatic N) is 2. The standard InChI is InChI=1S/C12H18N2O2/c1-9-2-3-12(16)11(13-9)8-14-6-4-10(15)5-7-14/h2-3,10,15-16H,4-8H2,1H3. The summed E-state index contributed by atoms with van der Waals surface area (Å²) in [4.78, 5) is 6.55. The molecule has 0 saturated carbocycles. The van der Waals surface area contributed by atoms with Gasteiger partial charge in [-0.25, -0.2) is 0 Å². The van der Waals surface area contributed by atoms with Gasteiger partial charge in [0.1, 0.15) is 5.75 Å². The molecule has 1 aromatic rings. The zero-order chi connectivity index (χ0) is 11.5. The van der Waals surface area contributed by atoms with Crippen molar-refractivity contribution in [3.63, 3.8) is 0 Å². The maximum atomic E-state index is 9.68. The first-order valence-corrected chi connectivity index (χ1v) is 5.71. The average molecular weight is 222 g/mol. The molecule has 0 atom stereocenters. The number of aliphatic hydroxyl groups excluding tert-OH is 1. The summed E-state index contributed by atoms with van der Waals surface area (Å²) in [7, 11) is 0. The molecule has 4 nitrogen and oxygen atoms in total. The Labute approximate surface area is 95.5 Å². The van der Waals surface area contributed by atoms with Crippen LogP contribution >= 0.6 is 0 Å². The minimum absolute atomic E-state index is 0.157. The number of aliphatic hydroxyl groups is 1. The van der Waals surface area contributed by atoms with Crippen molar-refractivity contribution in [2.45, 2.75) is 32.4 Å². The summed E-state index contributed by atoms with van der Waals surface area (Å²) < 4.78 is 0. The Kier molecular flexibility index (Phi) is 3.41. The molecule has 88 valence electrons. The second-order valence-electron chi connectivity index (χ2n) is 4.43. The second kappa shape index (κ2) is 4.80.